The predicted octanol–water partition coefficient (Wildman–Crippen LogP) is 3.96. The van der Waals surface area contributed by atoms with Crippen LogP contribution in [-0.2, 0) is 11.3 Å². The first-order valence-corrected chi connectivity index (χ1v) is 8.79. The minimum atomic E-state index is -0.00590. The molecule has 1 atom stereocenters. The van der Waals surface area contributed by atoms with Gasteiger partial charge in [0.1, 0.15) is 11.9 Å². The molecule has 25 heavy (non-hydrogen) atoms. The fraction of sp³-hybridized carbons (Fsp3) is 0.286. The summed E-state index contributed by atoms with van der Waals surface area (Å²) in [5, 5.41) is 0. The van der Waals surface area contributed by atoms with Gasteiger partial charge in [0, 0.05) is 30.9 Å². The topological polar surface area (TPSA) is 41.2 Å². The van der Waals surface area contributed by atoms with E-state index < -0.39 is 0 Å². The highest BCUT2D eigenvalue weighted by atomic mass is 16.5. The summed E-state index contributed by atoms with van der Waals surface area (Å²) < 4.78 is 6.00. The minimum Gasteiger partial charge on any atom is -0.368 e. The van der Waals surface area contributed by atoms with E-state index in [9.17, 15) is 0 Å². The summed E-state index contributed by atoms with van der Waals surface area (Å²) in [5.41, 5.74) is 4.58. The number of benzene rings is 2. The number of hydrogen-bond donors (Lipinski definition) is 1. The molecule has 4 nitrogen and oxygen atoms in total. The Morgan fingerprint density at radius 3 is 2.56 bits per heavy atom. The van der Waals surface area contributed by atoms with E-state index in [-0.39, 0.29) is 6.10 Å². The Balaban J connectivity index is 1.50. The largest absolute Gasteiger partial charge is 0.368 e. The van der Waals surface area contributed by atoms with Gasteiger partial charge in [0.2, 0.25) is 0 Å². The summed E-state index contributed by atoms with van der Waals surface area (Å²) in [4.78, 5) is 10.7. The quantitative estimate of drug-likeness (QED) is 0.786. The maximum Gasteiger partial charge on any atom is 0.137 e. The van der Waals surface area contributed by atoms with E-state index in [1.807, 2.05) is 18.2 Å². The van der Waals surface area contributed by atoms with Crippen LogP contribution in [0, 0.1) is 6.92 Å². The maximum absolute atomic E-state index is 6.00. The van der Waals surface area contributed by atoms with E-state index >= 15 is 0 Å². The molecule has 2 aromatic carbocycles. The van der Waals surface area contributed by atoms with Crippen LogP contribution in [0.15, 0.2) is 60.7 Å². The Labute approximate surface area is 148 Å². The molecule has 4 heteroatoms. The number of aryl methyl sites for hydroxylation is 1. The van der Waals surface area contributed by atoms with Crippen LogP contribution in [-0.4, -0.2) is 34.6 Å². The van der Waals surface area contributed by atoms with Gasteiger partial charge in [0.25, 0.3) is 0 Å². The molecule has 1 saturated heterocycles. The standard InChI is InChI=1S/C21H23N3O/c1-16-20(18-10-6-3-7-11-18)23-21(22-16)19-15-24(12-13-25-19)14-17-8-4-2-5-9-17/h2-11,19H,12-15H2,1H3,(H,22,23). The molecule has 1 aliphatic rings. The number of H-pyrrole nitrogens is 1. The number of ether oxygens (including phenoxy) is 1. The van der Waals surface area contributed by atoms with Crippen molar-refractivity contribution in [3.8, 4) is 11.3 Å². The van der Waals surface area contributed by atoms with Gasteiger partial charge in [0.05, 0.1) is 12.3 Å². The molecular weight excluding hydrogens is 310 g/mol. The number of morpholine rings is 1. The number of aromatic amines is 1. The number of rotatable bonds is 4. The van der Waals surface area contributed by atoms with Crippen molar-refractivity contribution in [3.05, 3.63) is 77.7 Å². The smallest absolute Gasteiger partial charge is 0.137 e. The second-order valence-electron chi connectivity index (χ2n) is 6.54. The Bertz CT molecular complexity index is 814. The van der Waals surface area contributed by atoms with Crippen molar-refractivity contribution in [1.29, 1.82) is 0 Å². The molecule has 3 aromatic rings. The normalized spacial score (nSPS) is 18.4. The molecule has 0 saturated carbocycles. The number of aromatic nitrogens is 2. The SMILES string of the molecule is Cc1[nH]c(C2CN(Cc3ccccc3)CCO2)nc1-c1ccccc1. The lowest BCUT2D eigenvalue weighted by molar-refractivity contribution is -0.0368. The van der Waals surface area contributed by atoms with Crippen LogP contribution in [0.2, 0.25) is 0 Å². The monoisotopic (exact) mass is 333 g/mol. The van der Waals surface area contributed by atoms with E-state index in [0.717, 1.165) is 49.0 Å². The third kappa shape index (κ3) is 3.65. The average molecular weight is 333 g/mol. The Morgan fingerprint density at radius 2 is 1.80 bits per heavy atom. The molecule has 2 heterocycles. The molecule has 1 N–H and O–H groups in total. The summed E-state index contributed by atoms with van der Waals surface area (Å²) in [6, 6.07) is 20.9. The Morgan fingerprint density at radius 1 is 1.08 bits per heavy atom. The van der Waals surface area contributed by atoms with Gasteiger partial charge in [0.15, 0.2) is 0 Å². The van der Waals surface area contributed by atoms with Gasteiger partial charge in [-0.1, -0.05) is 60.7 Å². The van der Waals surface area contributed by atoms with Gasteiger partial charge in [-0.2, -0.15) is 0 Å². The first kappa shape index (κ1) is 16.1. The van der Waals surface area contributed by atoms with Gasteiger partial charge in [-0.25, -0.2) is 4.98 Å². The summed E-state index contributed by atoms with van der Waals surface area (Å²) in [6.45, 7) is 5.57. The number of imidazole rings is 1. The number of nitrogens with zero attached hydrogens (tertiary/aromatic N) is 2. The van der Waals surface area contributed by atoms with Crippen LogP contribution >= 0.6 is 0 Å². The second-order valence-corrected chi connectivity index (χ2v) is 6.54. The molecule has 0 aliphatic carbocycles. The zero-order valence-electron chi connectivity index (χ0n) is 14.5. The van der Waals surface area contributed by atoms with Crippen molar-refractivity contribution in [2.75, 3.05) is 19.7 Å². The average Bonchev–Trinajstić information content (AvgIpc) is 3.05. The van der Waals surface area contributed by atoms with Crippen molar-refractivity contribution in [1.82, 2.24) is 14.9 Å². The number of hydrogen-bond acceptors (Lipinski definition) is 3. The van der Waals surface area contributed by atoms with Crippen molar-refractivity contribution in [2.24, 2.45) is 0 Å². The lowest BCUT2D eigenvalue weighted by Crippen LogP contribution is -2.38. The van der Waals surface area contributed by atoms with E-state index in [4.69, 9.17) is 9.72 Å². The van der Waals surface area contributed by atoms with Gasteiger partial charge in [-0.05, 0) is 12.5 Å². The molecule has 4 rings (SSSR count). The van der Waals surface area contributed by atoms with Gasteiger partial charge in [-0.3, -0.25) is 4.90 Å². The second kappa shape index (κ2) is 7.21. The van der Waals surface area contributed by atoms with E-state index in [1.54, 1.807) is 0 Å². The molecule has 1 fully saturated rings. The van der Waals surface area contributed by atoms with Crippen molar-refractivity contribution in [2.45, 2.75) is 19.6 Å². The molecule has 0 radical (unpaired) electrons. The van der Waals surface area contributed by atoms with E-state index in [1.165, 1.54) is 5.56 Å². The number of nitrogens with one attached hydrogen (secondary N) is 1. The highest BCUT2D eigenvalue weighted by Crippen LogP contribution is 2.26. The third-order valence-electron chi connectivity index (χ3n) is 4.65. The van der Waals surface area contributed by atoms with Crippen LogP contribution in [0.25, 0.3) is 11.3 Å². The fourth-order valence-corrected chi connectivity index (χ4v) is 3.37. The highest BCUT2D eigenvalue weighted by molar-refractivity contribution is 5.61. The maximum atomic E-state index is 6.00. The summed E-state index contributed by atoms with van der Waals surface area (Å²) >= 11 is 0. The molecule has 128 valence electrons. The Hall–Kier alpha value is -2.43. The summed E-state index contributed by atoms with van der Waals surface area (Å²) in [7, 11) is 0. The van der Waals surface area contributed by atoms with Crippen LogP contribution < -0.4 is 0 Å². The van der Waals surface area contributed by atoms with E-state index in [0.29, 0.717) is 0 Å². The molecule has 0 spiro atoms. The van der Waals surface area contributed by atoms with Crippen molar-refractivity contribution < 1.29 is 4.74 Å². The lowest BCUT2D eigenvalue weighted by Gasteiger charge is -2.32. The van der Waals surface area contributed by atoms with Crippen LogP contribution in [0.5, 0.6) is 0 Å². The van der Waals surface area contributed by atoms with Crippen molar-refractivity contribution in [3.63, 3.8) is 0 Å². The zero-order chi connectivity index (χ0) is 17.1. The van der Waals surface area contributed by atoms with Crippen LogP contribution in [0.4, 0.5) is 0 Å². The van der Waals surface area contributed by atoms with Crippen LogP contribution in [0.3, 0.4) is 0 Å². The first-order valence-electron chi connectivity index (χ1n) is 8.79. The zero-order valence-corrected chi connectivity index (χ0v) is 14.5. The fourth-order valence-electron chi connectivity index (χ4n) is 3.37. The van der Waals surface area contributed by atoms with E-state index in [2.05, 4.69) is 59.3 Å². The molecule has 1 aliphatic heterocycles. The third-order valence-corrected chi connectivity index (χ3v) is 4.65. The summed E-state index contributed by atoms with van der Waals surface area (Å²) in [6.07, 6.45) is -0.00590. The predicted molar refractivity (Wildman–Crippen MR) is 99.2 cm³/mol. The molecule has 0 amide bonds. The molecular formula is C21H23N3O. The highest BCUT2D eigenvalue weighted by Gasteiger charge is 2.25. The first-order chi connectivity index (χ1) is 12.3. The molecule has 0 bridgehead atoms. The van der Waals surface area contributed by atoms with Gasteiger partial charge >= 0.3 is 0 Å². The molecule has 1 aromatic heterocycles. The van der Waals surface area contributed by atoms with Crippen LogP contribution in [0.1, 0.15) is 23.2 Å². The molecule has 1 unspecified atom stereocenters. The van der Waals surface area contributed by atoms with Gasteiger partial charge < -0.3 is 9.72 Å². The lowest BCUT2D eigenvalue weighted by atomic mass is 10.1. The summed E-state index contributed by atoms with van der Waals surface area (Å²) in [5.74, 6) is 0.925. The van der Waals surface area contributed by atoms with Crippen molar-refractivity contribution >= 4 is 0 Å². The van der Waals surface area contributed by atoms with Gasteiger partial charge in [-0.15, -0.1) is 0 Å². The minimum absolute atomic E-state index is 0.00590. The Kier molecular flexibility index (Phi) is 4.63.